The number of aliphatic hydroxyl groups excluding tert-OH is 1. The third-order valence-electron chi connectivity index (χ3n) is 2.47. The SMILES string of the molecule is CC(C)(N)CCC(=O)O.O=C(O)C(=O)O.OC1CCNCC1. The number of nitrogens with two attached hydrogens (primary N) is 1. The molecule has 22 heavy (non-hydrogen) atoms. The van der Waals surface area contributed by atoms with Crippen LogP contribution in [-0.2, 0) is 14.4 Å². The highest BCUT2D eigenvalue weighted by molar-refractivity contribution is 6.27. The molecule has 1 heterocycles. The summed E-state index contributed by atoms with van der Waals surface area (Å²) in [5.41, 5.74) is 5.17. The number of rotatable bonds is 3. The second-order valence-electron chi connectivity index (χ2n) is 5.47. The van der Waals surface area contributed by atoms with Crippen LogP contribution < -0.4 is 11.1 Å². The minimum Gasteiger partial charge on any atom is -0.481 e. The van der Waals surface area contributed by atoms with Crippen molar-refractivity contribution in [1.82, 2.24) is 5.32 Å². The molecule has 7 N–H and O–H groups in total. The summed E-state index contributed by atoms with van der Waals surface area (Å²) in [6, 6.07) is 0. The number of carboxylic acid groups (broad SMARTS) is 3. The van der Waals surface area contributed by atoms with Crippen LogP contribution in [0.4, 0.5) is 0 Å². The van der Waals surface area contributed by atoms with Crippen molar-refractivity contribution in [2.75, 3.05) is 13.1 Å². The second-order valence-corrected chi connectivity index (χ2v) is 5.47. The third-order valence-corrected chi connectivity index (χ3v) is 2.47. The lowest BCUT2D eigenvalue weighted by atomic mass is 10.0. The highest BCUT2D eigenvalue weighted by Gasteiger charge is 2.11. The summed E-state index contributed by atoms with van der Waals surface area (Å²) in [5, 5.41) is 35.0. The lowest BCUT2D eigenvalue weighted by Crippen LogP contribution is -2.32. The Hall–Kier alpha value is -1.71. The van der Waals surface area contributed by atoms with Crippen LogP contribution in [0.5, 0.6) is 0 Å². The molecule has 0 bridgehead atoms. The third kappa shape index (κ3) is 20.6. The molecule has 0 aliphatic carbocycles. The summed E-state index contributed by atoms with van der Waals surface area (Å²) in [5.74, 6) is -4.43. The quantitative estimate of drug-likeness (QED) is 0.374. The van der Waals surface area contributed by atoms with Crippen molar-refractivity contribution in [3.63, 3.8) is 0 Å². The average molecular weight is 322 g/mol. The van der Waals surface area contributed by atoms with Gasteiger partial charge in [-0.3, -0.25) is 4.79 Å². The lowest BCUT2D eigenvalue weighted by Gasteiger charge is -2.16. The van der Waals surface area contributed by atoms with Crippen LogP contribution in [0.15, 0.2) is 0 Å². The Bertz CT molecular complexity index is 335. The van der Waals surface area contributed by atoms with E-state index >= 15 is 0 Å². The van der Waals surface area contributed by atoms with Crippen molar-refractivity contribution in [1.29, 1.82) is 0 Å². The Morgan fingerprint density at radius 1 is 1.09 bits per heavy atom. The number of carboxylic acids is 3. The number of carbonyl (C=O) groups is 3. The van der Waals surface area contributed by atoms with Crippen LogP contribution in [0.1, 0.15) is 39.5 Å². The molecule has 9 heteroatoms. The second kappa shape index (κ2) is 11.9. The molecule has 9 nitrogen and oxygen atoms in total. The van der Waals surface area contributed by atoms with Crippen LogP contribution in [-0.4, -0.2) is 63.1 Å². The van der Waals surface area contributed by atoms with Crippen LogP contribution in [0, 0.1) is 0 Å². The van der Waals surface area contributed by atoms with E-state index in [-0.39, 0.29) is 18.1 Å². The van der Waals surface area contributed by atoms with Crippen LogP contribution in [0.3, 0.4) is 0 Å². The van der Waals surface area contributed by atoms with Gasteiger partial charge in [-0.15, -0.1) is 0 Å². The van der Waals surface area contributed by atoms with Gasteiger partial charge in [0.25, 0.3) is 0 Å². The van der Waals surface area contributed by atoms with Crippen molar-refractivity contribution in [3.05, 3.63) is 0 Å². The van der Waals surface area contributed by atoms with Gasteiger partial charge in [0.2, 0.25) is 0 Å². The monoisotopic (exact) mass is 322 g/mol. The molecule has 0 unspecified atom stereocenters. The molecule has 0 atom stereocenters. The van der Waals surface area contributed by atoms with Crippen LogP contribution in [0.25, 0.3) is 0 Å². The minimum atomic E-state index is -1.82. The van der Waals surface area contributed by atoms with E-state index in [1.54, 1.807) is 0 Å². The van der Waals surface area contributed by atoms with Crippen LogP contribution in [0.2, 0.25) is 0 Å². The number of piperidine rings is 1. The van der Waals surface area contributed by atoms with Gasteiger partial charge in [-0.25, -0.2) is 9.59 Å². The van der Waals surface area contributed by atoms with E-state index in [9.17, 15) is 4.79 Å². The van der Waals surface area contributed by atoms with E-state index in [4.69, 9.17) is 35.7 Å². The topological polar surface area (TPSA) is 170 Å². The molecule has 130 valence electrons. The molecule has 0 aromatic heterocycles. The number of aliphatic hydroxyl groups is 1. The summed E-state index contributed by atoms with van der Waals surface area (Å²) in [4.78, 5) is 28.2. The highest BCUT2D eigenvalue weighted by Crippen LogP contribution is 2.05. The van der Waals surface area contributed by atoms with Gasteiger partial charge in [-0.1, -0.05) is 0 Å². The van der Waals surface area contributed by atoms with Gasteiger partial charge in [0, 0.05) is 12.0 Å². The number of aliphatic carboxylic acids is 3. The first-order valence-electron chi connectivity index (χ1n) is 6.81. The van der Waals surface area contributed by atoms with Gasteiger partial charge in [0.15, 0.2) is 0 Å². The standard InChI is InChI=1S/C6H13NO2.C5H11NO.C2H2O4/c1-6(2,7)4-3-5(8)9;7-5-1-3-6-4-2-5;3-1(4)2(5)6/h3-4,7H2,1-2H3,(H,8,9);5-7H,1-4H2;(H,3,4)(H,5,6). The van der Waals surface area contributed by atoms with Gasteiger partial charge in [-0.2, -0.15) is 0 Å². The normalized spacial score (nSPS) is 14.7. The summed E-state index contributed by atoms with van der Waals surface area (Å²) in [6.45, 7) is 5.61. The van der Waals surface area contributed by atoms with E-state index in [1.165, 1.54) is 0 Å². The van der Waals surface area contributed by atoms with E-state index in [2.05, 4.69) is 5.32 Å². The van der Waals surface area contributed by atoms with E-state index in [0.717, 1.165) is 25.9 Å². The zero-order valence-corrected chi connectivity index (χ0v) is 12.9. The van der Waals surface area contributed by atoms with Crippen molar-refractivity contribution < 1.29 is 34.8 Å². The Morgan fingerprint density at radius 3 is 1.64 bits per heavy atom. The van der Waals surface area contributed by atoms with Gasteiger partial charge < -0.3 is 31.5 Å². The summed E-state index contributed by atoms with van der Waals surface area (Å²) in [6.07, 6.45) is 2.52. The first kappa shape index (κ1) is 22.6. The van der Waals surface area contributed by atoms with Gasteiger partial charge >= 0.3 is 17.9 Å². The molecule has 0 aromatic carbocycles. The Labute approximate surface area is 129 Å². The molecule has 0 aromatic rings. The summed E-state index contributed by atoms with van der Waals surface area (Å²) in [7, 11) is 0. The summed E-state index contributed by atoms with van der Waals surface area (Å²) < 4.78 is 0. The Morgan fingerprint density at radius 2 is 1.50 bits per heavy atom. The molecule has 0 spiro atoms. The molecule has 1 fully saturated rings. The first-order valence-corrected chi connectivity index (χ1v) is 6.81. The molecule has 0 saturated carbocycles. The molecule has 1 rings (SSSR count). The van der Waals surface area contributed by atoms with Crippen molar-refractivity contribution in [2.45, 2.75) is 51.2 Å². The number of hydrogen-bond acceptors (Lipinski definition) is 6. The fourth-order valence-electron chi connectivity index (χ4n) is 1.24. The maximum absolute atomic E-state index is 9.99. The zero-order chi connectivity index (χ0) is 17.8. The maximum Gasteiger partial charge on any atom is 0.414 e. The van der Waals surface area contributed by atoms with Gasteiger partial charge in [-0.05, 0) is 46.2 Å². The zero-order valence-electron chi connectivity index (χ0n) is 12.9. The lowest BCUT2D eigenvalue weighted by molar-refractivity contribution is -0.159. The molecule has 1 aliphatic heterocycles. The predicted octanol–water partition coefficient (Wildman–Crippen LogP) is -0.525. The molecule has 0 radical (unpaired) electrons. The van der Waals surface area contributed by atoms with E-state index in [1.807, 2.05) is 13.8 Å². The minimum absolute atomic E-state index is 0.0266. The van der Waals surface area contributed by atoms with Gasteiger partial charge in [0.05, 0.1) is 6.10 Å². The van der Waals surface area contributed by atoms with Crippen molar-refractivity contribution in [2.24, 2.45) is 5.73 Å². The maximum atomic E-state index is 9.99. The van der Waals surface area contributed by atoms with E-state index < -0.39 is 17.9 Å². The van der Waals surface area contributed by atoms with E-state index in [0.29, 0.717) is 6.42 Å². The van der Waals surface area contributed by atoms with Crippen molar-refractivity contribution in [3.8, 4) is 0 Å². The van der Waals surface area contributed by atoms with Crippen molar-refractivity contribution >= 4 is 17.9 Å². The number of hydrogen-bond donors (Lipinski definition) is 6. The molecule has 1 aliphatic rings. The fourth-order valence-corrected chi connectivity index (χ4v) is 1.24. The Kier molecular flexibility index (Phi) is 12.2. The summed E-state index contributed by atoms with van der Waals surface area (Å²) >= 11 is 0. The van der Waals surface area contributed by atoms with Crippen LogP contribution >= 0.6 is 0 Å². The predicted molar refractivity (Wildman–Crippen MR) is 78.5 cm³/mol. The highest BCUT2D eigenvalue weighted by atomic mass is 16.4. The molecular weight excluding hydrogens is 296 g/mol. The average Bonchev–Trinajstić information content (AvgIpc) is 2.38. The largest absolute Gasteiger partial charge is 0.481 e. The fraction of sp³-hybridized carbons (Fsp3) is 0.769. The first-order chi connectivity index (χ1) is 9.95. The smallest absolute Gasteiger partial charge is 0.414 e. The Balaban J connectivity index is 0. The van der Waals surface area contributed by atoms with Gasteiger partial charge in [0.1, 0.15) is 0 Å². The molecule has 1 saturated heterocycles. The molecule has 0 amide bonds. The number of nitrogens with one attached hydrogen (secondary N) is 1. The molecular formula is C13H26N2O7.